The first-order valence-electron chi connectivity index (χ1n) is 7.47. The van der Waals surface area contributed by atoms with Crippen molar-refractivity contribution in [1.29, 1.82) is 0 Å². The van der Waals surface area contributed by atoms with Gasteiger partial charge >= 0.3 is 0 Å². The highest BCUT2D eigenvalue weighted by Crippen LogP contribution is 2.39. The van der Waals surface area contributed by atoms with E-state index in [9.17, 15) is 0 Å². The lowest BCUT2D eigenvalue weighted by molar-refractivity contribution is 0.250. The van der Waals surface area contributed by atoms with Gasteiger partial charge in [-0.05, 0) is 30.9 Å². The van der Waals surface area contributed by atoms with Crippen LogP contribution >= 0.6 is 8.38 Å². The summed E-state index contributed by atoms with van der Waals surface area (Å²) in [7, 11) is -0.906. The average molecular weight is 282 g/mol. The average Bonchev–Trinajstić information content (AvgIpc) is 2.46. The van der Waals surface area contributed by atoms with E-state index in [-0.39, 0.29) is 0 Å². The second-order valence-electron chi connectivity index (χ2n) is 4.61. The van der Waals surface area contributed by atoms with E-state index in [0.717, 1.165) is 45.3 Å². The minimum Gasteiger partial charge on any atom is -0.331 e. The largest absolute Gasteiger partial charge is 0.331 e. The topological polar surface area (TPSA) is 18.5 Å². The lowest BCUT2D eigenvalue weighted by Crippen LogP contribution is -2.12. The molecule has 0 aliphatic heterocycles. The van der Waals surface area contributed by atoms with E-state index in [0.29, 0.717) is 0 Å². The Labute approximate surface area is 119 Å². The molecule has 0 amide bonds. The van der Waals surface area contributed by atoms with Crippen LogP contribution < -0.4 is 5.30 Å². The predicted octanol–water partition coefficient (Wildman–Crippen LogP) is 4.82. The Kier molecular flexibility index (Phi) is 9.07. The molecule has 0 N–H and O–H groups in total. The zero-order chi connectivity index (χ0) is 13.9. The van der Waals surface area contributed by atoms with Gasteiger partial charge in [-0.25, -0.2) is 0 Å². The molecule has 0 aliphatic rings. The third-order valence-electron chi connectivity index (χ3n) is 2.98. The van der Waals surface area contributed by atoms with Gasteiger partial charge in [-0.15, -0.1) is 0 Å². The first kappa shape index (κ1) is 16.6. The second kappa shape index (κ2) is 10.4. The molecule has 0 radical (unpaired) electrons. The van der Waals surface area contributed by atoms with Crippen LogP contribution in [-0.2, 0) is 15.5 Å². The van der Waals surface area contributed by atoms with Crippen molar-refractivity contribution < 1.29 is 9.05 Å². The molecule has 0 bridgehead atoms. The molecule has 0 heterocycles. The number of aryl methyl sites for hydroxylation is 1. The van der Waals surface area contributed by atoms with Gasteiger partial charge in [0.05, 0.1) is 13.2 Å². The molecule has 0 spiro atoms. The Balaban J connectivity index is 2.69. The van der Waals surface area contributed by atoms with Gasteiger partial charge in [0, 0.05) is 5.30 Å². The Morgan fingerprint density at radius 1 is 0.895 bits per heavy atom. The van der Waals surface area contributed by atoms with Crippen LogP contribution in [-0.4, -0.2) is 13.2 Å². The molecule has 0 aromatic heterocycles. The Morgan fingerprint density at radius 2 is 1.47 bits per heavy atom. The summed E-state index contributed by atoms with van der Waals surface area (Å²) in [4.78, 5) is 0. The van der Waals surface area contributed by atoms with Gasteiger partial charge < -0.3 is 9.05 Å². The van der Waals surface area contributed by atoms with Crippen LogP contribution in [0.15, 0.2) is 24.3 Å². The molecular formula is C16H27O2P. The van der Waals surface area contributed by atoms with Crippen molar-refractivity contribution in [3.05, 3.63) is 29.8 Å². The fourth-order valence-corrected chi connectivity index (χ4v) is 3.37. The summed E-state index contributed by atoms with van der Waals surface area (Å²) < 4.78 is 12.0. The standard InChI is InChI=1S/C16H27O2P/c1-4-7-13-17-19(18-14-8-5-2)16-12-10-9-11-15(16)6-3/h9-12H,4-8,13-14H2,1-3H3. The van der Waals surface area contributed by atoms with E-state index in [1.165, 1.54) is 10.9 Å². The Hall–Kier alpha value is -0.430. The molecule has 3 heteroatoms. The van der Waals surface area contributed by atoms with Gasteiger partial charge in [-0.3, -0.25) is 0 Å². The van der Waals surface area contributed by atoms with E-state index in [1.807, 2.05) is 0 Å². The van der Waals surface area contributed by atoms with Crippen molar-refractivity contribution in [2.24, 2.45) is 0 Å². The molecule has 0 saturated heterocycles. The number of hydrogen-bond donors (Lipinski definition) is 0. The van der Waals surface area contributed by atoms with Crippen LogP contribution in [0.3, 0.4) is 0 Å². The number of hydrogen-bond acceptors (Lipinski definition) is 2. The molecule has 1 aromatic carbocycles. The normalized spacial score (nSPS) is 11.2. The van der Waals surface area contributed by atoms with Crippen molar-refractivity contribution in [2.75, 3.05) is 13.2 Å². The van der Waals surface area contributed by atoms with Crippen LogP contribution in [0.4, 0.5) is 0 Å². The van der Waals surface area contributed by atoms with Crippen LogP contribution in [0.25, 0.3) is 0 Å². The maximum atomic E-state index is 6.00. The van der Waals surface area contributed by atoms with Crippen molar-refractivity contribution in [2.45, 2.75) is 52.9 Å². The Morgan fingerprint density at radius 3 is 2.00 bits per heavy atom. The number of unbranched alkanes of at least 4 members (excludes halogenated alkanes) is 2. The maximum absolute atomic E-state index is 6.00. The van der Waals surface area contributed by atoms with E-state index in [4.69, 9.17) is 9.05 Å². The summed E-state index contributed by atoms with van der Waals surface area (Å²) in [6.45, 7) is 8.15. The molecule has 0 atom stereocenters. The fraction of sp³-hybridized carbons (Fsp3) is 0.625. The molecule has 0 fully saturated rings. The van der Waals surface area contributed by atoms with E-state index < -0.39 is 8.38 Å². The van der Waals surface area contributed by atoms with Gasteiger partial charge in [-0.2, -0.15) is 0 Å². The molecule has 0 aliphatic carbocycles. The number of rotatable bonds is 10. The maximum Gasteiger partial charge on any atom is 0.205 e. The second-order valence-corrected chi connectivity index (χ2v) is 6.13. The minimum absolute atomic E-state index is 0.798. The zero-order valence-corrected chi connectivity index (χ0v) is 13.4. The van der Waals surface area contributed by atoms with Gasteiger partial charge in [0.1, 0.15) is 0 Å². The molecular weight excluding hydrogens is 255 g/mol. The lowest BCUT2D eigenvalue weighted by Gasteiger charge is -2.20. The first-order chi connectivity index (χ1) is 9.33. The highest BCUT2D eigenvalue weighted by molar-refractivity contribution is 7.56. The zero-order valence-electron chi connectivity index (χ0n) is 12.5. The van der Waals surface area contributed by atoms with Crippen molar-refractivity contribution in [3.63, 3.8) is 0 Å². The van der Waals surface area contributed by atoms with E-state index in [2.05, 4.69) is 45.0 Å². The summed E-state index contributed by atoms with van der Waals surface area (Å²) in [5.74, 6) is 0. The van der Waals surface area contributed by atoms with Gasteiger partial charge in [0.15, 0.2) is 0 Å². The predicted molar refractivity (Wildman–Crippen MR) is 84.1 cm³/mol. The van der Waals surface area contributed by atoms with Crippen LogP contribution in [0.2, 0.25) is 0 Å². The van der Waals surface area contributed by atoms with Crippen molar-refractivity contribution in [1.82, 2.24) is 0 Å². The summed E-state index contributed by atoms with van der Waals surface area (Å²) in [5.41, 5.74) is 1.35. The monoisotopic (exact) mass is 282 g/mol. The molecule has 0 unspecified atom stereocenters. The Bertz CT molecular complexity index is 331. The highest BCUT2D eigenvalue weighted by Gasteiger charge is 2.16. The summed E-state index contributed by atoms with van der Waals surface area (Å²) in [5, 5.41) is 1.26. The summed E-state index contributed by atoms with van der Waals surface area (Å²) in [6.07, 6.45) is 5.55. The van der Waals surface area contributed by atoms with Crippen LogP contribution in [0.5, 0.6) is 0 Å². The molecule has 2 nitrogen and oxygen atoms in total. The fourth-order valence-electron chi connectivity index (χ4n) is 1.75. The van der Waals surface area contributed by atoms with Crippen LogP contribution in [0.1, 0.15) is 52.0 Å². The van der Waals surface area contributed by atoms with E-state index >= 15 is 0 Å². The first-order valence-corrected chi connectivity index (χ1v) is 8.65. The quantitative estimate of drug-likeness (QED) is 0.452. The molecule has 108 valence electrons. The molecule has 1 aromatic rings. The van der Waals surface area contributed by atoms with Gasteiger partial charge in [0.25, 0.3) is 0 Å². The third kappa shape index (κ3) is 6.03. The minimum atomic E-state index is -0.906. The highest BCUT2D eigenvalue weighted by atomic mass is 31.2. The van der Waals surface area contributed by atoms with Crippen LogP contribution in [0, 0.1) is 0 Å². The molecule has 1 rings (SSSR count). The SMILES string of the molecule is CCCCOP(OCCCC)c1ccccc1CC. The third-order valence-corrected chi connectivity index (χ3v) is 4.65. The van der Waals surface area contributed by atoms with Gasteiger partial charge in [0.2, 0.25) is 8.38 Å². The van der Waals surface area contributed by atoms with Gasteiger partial charge in [-0.1, -0.05) is 51.8 Å². The van der Waals surface area contributed by atoms with Crippen molar-refractivity contribution in [3.8, 4) is 0 Å². The summed E-state index contributed by atoms with van der Waals surface area (Å²) >= 11 is 0. The van der Waals surface area contributed by atoms with Crippen molar-refractivity contribution >= 4 is 13.7 Å². The molecule has 0 saturated carbocycles. The summed E-state index contributed by atoms with van der Waals surface area (Å²) in [6, 6.07) is 8.50. The smallest absolute Gasteiger partial charge is 0.205 e. The van der Waals surface area contributed by atoms with E-state index in [1.54, 1.807) is 0 Å². The molecule has 19 heavy (non-hydrogen) atoms. The number of benzene rings is 1. The lowest BCUT2D eigenvalue weighted by atomic mass is 10.2.